The Labute approximate surface area is 137 Å². The smallest absolute Gasteiger partial charge is 0.142 e. The van der Waals surface area contributed by atoms with Gasteiger partial charge in [-0.1, -0.05) is 89.7 Å². The van der Waals surface area contributed by atoms with Crippen LogP contribution in [0.15, 0.2) is 24.3 Å². The minimum atomic E-state index is 0.737. The van der Waals surface area contributed by atoms with Crippen molar-refractivity contribution >= 4 is 5.69 Å². The molecule has 0 aliphatic rings. The zero-order valence-electron chi connectivity index (χ0n) is 14.5. The van der Waals surface area contributed by atoms with E-state index < -0.39 is 0 Å². The summed E-state index contributed by atoms with van der Waals surface area (Å²) in [6, 6.07) is 7.73. The van der Waals surface area contributed by atoms with Crippen molar-refractivity contribution in [2.45, 2.75) is 84.0 Å². The molecule has 22 heavy (non-hydrogen) atoms. The van der Waals surface area contributed by atoms with Gasteiger partial charge in [0.1, 0.15) is 5.75 Å². The zero-order valence-corrected chi connectivity index (χ0v) is 14.5. The highest BCUT2D eigenvalue weighted by molar-refractivity contribution is 5.51. The van der Waals surface area contributed by atoms with E-state index in [4.69, 9.17) is 10.5 Å². The molecule has 0 heterocycles. The van der Waals surface area contributed by atoms with E-state index in [1.807, 2.05) is 24.3 Å². The molecule has 2 nitrogen and oxygen atoms in total. The number of unbranched alkanes of at least 4 members (excludes halogenated alkanes) is 11. The van der Waals surface area contributed by atoms with E-state index in [-0.39, 0.29) is 0 Å². The molecule has 0 unspecified atom stereocenters. The van der Waals surface area contributed by atoms with Crippen LogP contribution in [0.4, 0.5) is 5.69 Å². The van der Waals surface area contributed by atoms with Crippen LogP contribution in [0.2, 0.25) is 0 Å². The summed E-state index contributed by atoms with van der Waals surface area (Å²) in [5.74, 6) is 0.825. The van der Waals surface area contributed by atoms with Gasteiger partial charge < -0.3 is 10.5 Å². The average Bonchev–Trinajstić information content (AvgIpc) is 2.53. The maximum Gasteiger partial charge on any atom is 0.142 e. The van der Waals surface area contributed by atoms with Crippen LogP contribution in [-0.2, 0) is 0 Å². The molecule has 2 heteroatoms. The number of hydrogen-bond acceptors (Lipinski definition) is 2. The Morgan fingerprint density at radius 1 is 0.727 bits per heavy atom. The van der Waals surface area contributed by atoms with Crippen molar-refractivity contribution in [3.05, 3.63) is 24.3 Å². The van der Waals surface area contributed by atoms with E-state index in [0.29, 0.717) is 0 Å². The first-order chi connectivity index (χ1) is 10.8. The summed E-state index contributed by atoms with van der Waals surface area (Å²) < 4.78 is 5.70. The van der Waals surface area contributed by atoms with Crippen molar-refractivity contribution in [2.24, 2.45) is 0 Å². The summed E-state index contributed by atoms with van der Waals surface area (Å²) >= 11 is 0. The number of anilines is 1. The summed E-state index contributed by atoms with van der Waals surface area (Å²) in [5.41, 5.74) is 6.58. The van der Waals surface area contributed by atoms with Crippen molar-refractivity contribution in [3.8, 4) is 5.75 Å². The molecule has 1 aromatic rings. The SMILES string of the molecule is CCCCCCCCCCCCCCOc1ccccc1N. The molecule has 0 amide bonds. The average molecular weight is 306 g/mol. The van der Waals surface area contributed by atoms with Gasteiger partial charge in [0.25, 0.3) is 0 Å². The third-order valence-corrected chi connectivity index (χ3v) is 4.17. The van der Waals surface area contributed by atoms with E-state index in [9.17, 15) is 0 Å². The minimum absolute atomic E-state index is 0.737. The molecule has 0 fully saturated rings. The van der Waals surface area contributed by atoms with Crippen LogP contribution in [0.25, 0.3) is 0 Å². The van der Waals surface area contributed by atoms with Crippen LogP contribution in [0.3, 0.4) is 0 Å². The highest BCUT2D eigenvalue weighted by Gasteiger charge is 1.98. The van der Waals surface area contributed by atoms with E-state index in [2.05, 4.69) is 6.92 Å². The maximum atomic E-state index is 5.84. The molecule has 1 rings (SSSR count). The van der Waals surface area contributed by atoms with Gasteiger partial charge in [0.05, 0.1) is 12.3 Å². The molecule has 0 aliphatic carbocycles. The summed E-state index contributed by atoms with van der Waals surface area (Å²) in [6.45, 7) is 3.06. The predicted octanol–water partition coefficient (Wildman–Crippen LogP) is 6.35. The summed E-state index contributed by atoms with van der Waals surface area (Å²) in [6.07, 6.45) is 16.4. The van der Waals surface area contributed by atoms with Crippen molar-refractivity contribution in [1.29, 1.82) is 0 Å². The fraction of sp³-hybridized carbons (Fsp3) is 0.700. The fourth-order valence-electron chi connectivity index (χ4n) is 2.74. The topological polar surface area (TPSA) is 35.2 Å². The molecular formula is C20H35NO. The first-order valence-electron chi connectivity index (χ1n) is 9.32. The van der Waals surface area contributed by atoms with Crippen LogP contribution >= 0.6 is 0 Å². The summed E-state index contributed by atoms with van der Waals surface area (Å²) in [7, 11) is 0. The number of nitrogens with two attached hydrogens (primary N) is 1. The monoisotopic (exact) mass is 305 g/mol. The molecular weight excluding hydrogens is 270 g/mol. The Morgan fingerprint density at radius 3 is 1.77 bits per heavy atom. The number of benzene rings is 1. The van der Waals surface area contributed by atoms with Gasteiger partial charge in [0.15, 0.2) is 0 Å². The van der Waals surface area contributed by atoms with Crippen LogP contribution in [-0.4, -0.2) is 6.61 Å². The fourth-order valence-corrected chi connectivity index (χ4v) is 2.74. The van der Waals surface area contributed by atoms with E-state index in [1.165, 1.54) is 70.6 Å². The normalized spacial score (nSPS) is 10.8. The van der Waals surface area contributed by atoms with Gasteiger partial charge >= 0.3 is 0 Å². The lowest BCUT2D eigenvalue weighted by Gasteiger charge is -2.08. The lowest BCUT2D eigenvalue weighted by atomic mass is 10.1. The molecule has 0 atom stereocenters. The lowest BCUT2D eigenvalue weighted by Crippen LogP contribution is -2.00. The summed E-state index contributed by atoms with van der Waals surface area (Å²) in [5, 5.41) is 0. The second-order valence-corrected chi connectivity index (χ2v) is 6.28. The van der Waals surface area contributed by atoms with Gasteiger partial charge in [-0.3, -0.25) is 0 Å². The van der Waals surface area contributed by atoms with Gasteiger partial charge in [-0.25, -0.2) is 0 Å². The third kappa shape index (κ3) is 9.70. The first-order valence-corrected chi connectivity index (χ1v) is 9.32. The van der Waals surface area contributed by atoms with Gasteiger partial charge in [-0.2, -0.15) is 0 Å². The standard InChI is InChI=1S/C20H35NO/c1-2-3-4-5-6-7-8-9-10-11-12-15-18-22-20-17-14-13-16-19(20)21/h13-14,16-17H,2-12,15,18,21H2,1H3. The molecule has 0 aliphatic heterocycles. The largest absolute Gasteiger partial charge is 0.491 e. The number of para-hydroxylation sites is 2. The molecule has 0 aromatic heterocycles. The predicted molar refractivity (Wildman–Crippen MR) is 97.4 cm³/mol. The highest BCUT2D eigenvalue weighted by Crippen LogP contribution is 2.20. The van der Waals surface area contributed by atoms with Gasteiger partial charge in [-0.05, 0) is 18.6 Å². The molecule has 0 saturated heterocycles. The Hall–Kier alpha value is -1.18. The van der Waals surface area contributed by atoms with Crippen molar-refractivity contribution in [3.63, 3.8) is 0 Å². The van der Waals surface area contributed by atoms with Crippen LogP contribution in [0.1, 0.15) is 84.0 Å². The molecule has 1 aromatic carbocycles. The van der Waals surface area contributed by atoms with E-state index in [1.54, 1.807) is 0 Å². The Bertz CT molecular complexity index is 364. The van der Waals surface area contributed by atoms with Crippen molar-refractivity contribution in [2.75, 3.05) is 12.3 Å². The second kappa shape index (κ2) is 13.5. The van der Waals surface area contributed by atoms with Crippen LogP contribution in [0, 0.1) is 0 Å². The lowest BCUT2D eigenvalue weighted by molar-refractivity contribution is 0.306. The number of rotatable bonds is 14. The Morgan fingerprint density at radius 2 is 1.23 bits per heavy atom. The highest BCUT2D eigenvalue weighted by atomic mass is 16.5. The van der Waals surface area contributed by atoms with Crippen molar-refractivity contribution in [1.82, 2.24) is 0 Å². The van der Waals surface area contributed by atoms with E-state index in [0.717, 1.165) is 24.5 Å². The second-order valence-electron chi connectivity index (χ2n) is 6.28. The van der Waals surface area contributed by atoms with Gasteiger partial charge in [0, 0.05) is 0 Å². The summed E-state index contributed by atoms with van der Waals surface area (Å²) in [4.78, 5) is 0. The van der Waals surface area contributed by atoms with Gasteiger partial charge in [0.2, 0.25) is 0 Å². The van der Waals surface area contributed by atoms with Crippen LogP contribution in [0.5, 0.6) is 5.75 Å². The molecule has 0 bridgehead atoms. The minimum Gasteiger partial charge on any atom is -0.491 e. The van der Waals surface area contributed by atoms with Crippen LogP contribution < -0.4 is 10.5 Å². The third-order valence-electron chi connectivity index (χ3n) is 4.17. The number of hydrogen-bond donors (Lipinski definition) is 1. The molecule has 0 spiro atoms. The molecule has 0 saturated carbocycles. The molecule has 2 N–H and O–H groups in total. The van der Waals surface area contributed by atoms with E-state index >= 15 is 0 Å². The number of ether oxygens (including phenoxy) is 1. The number of nitrogen functional groups attached to an aromatic ring is 1. The zero-order chi connectivity index (χ0) is 15.9. The van der Waals surface area contributed by atoms with Crippen molar-refractivity contribution < 1.29 is 4.74 Å². The maximum absolute atomic E-state index is 5.84. The molecule has 126 valence electrons. The Kier molecular flexibility index (Phi) is 11.6. The first kappa shape index (κ1) is 18.9. The van der Waals surface area contributed by atoms with Gasteiger partial charge in [-0.15, -0.1) is 0 Å². The Balaban J connectivity index is 1.81. The quantitative estimate of drug-likeness (QED) is 0.321. The molecule has 0 radical (unpaired) electrons.